The maximum Gasteiger partial charge on any atom is 0.343 e. The number of ether oxygens (including phenoxy) is 1. The number of fused-ring (bicyclic) bond motifs is 5. The Labute approximate surface area is 255 Å². The number of nitrogens with one attached hydrogen (secondary N) is 1. The summed E-state index contributed by atoms with van der Waals surface area (Å²) in [6.07, 6.45) is 0.965. The monoisotopic (exact) mass is 618 g/mol. The highest BCUT2D eigenvalue weighted by atomic mass is 19.1. The van der Waals surface area contributed by atoms with Crippen LogP contribution in [-0.2, 0) is 47.7 Å². The number of rotatable bonds is 7. The lowest BCUT2D eigenvalue weighted by Gasteiger charge is -2.31. The van der Waals surface area contributed by atoms with Crippen molar-refractivity contribution in [3.8, 4) is 11.4 Å². The minimum Gasteiger partial charge on any atom is -0.458 e. The lowest BCUT2D eigenvalue weighted by Crippen LogP contribution is -2.44. The molecule has 1 aromatic carbocycles. The Morgan fingerprint density at radius 3 is 2.73 bits per heavy atom. The number of nitrogens with zero attached hydrogens (tertiary/aromatic N) is 5. The number of halogens is 1. The Bertz CT molecular complexity index is 1980. The Morgan fingerprint density at radius 1 is 1.20 bits per heavy atom. The summed E-state index contributed by atoms with van der Waals surface area (Å²) in [5, 5.41) is 42.1. The number of aryl methyl sites for hydroxylation is 1. The summed E-state index contributed by atoms with van der Waals surface area (Å²) in [7, 11) is 0. The number of benzene rings is 1. The average molecular weight is 619 g/mol. The smallest absolute Gasteiger partial charge is 0.343 e. The predicted octanol–water partition coefficient (Wildman–Crippen LogP) is 1.06. The minimum absolute atomic E-state index is 0.00702. The molecule has 2 aliphatic heterocycles. The molecule has 1 aliphatic carbocycles. The number of aromatic nitrogens is 5. The Balaban J connectivity index is 1.42. The number of carbonyl (C=O) groups excluding carboxylic acids is 2. The van der Waals surface area contributed by atoms with Gasteiger partial charge < -0.3 is 29.9 Å². The number of amides is 1. The Morgan fingerprint density at radius 2 is 2.00 bits per heavy atom. The molecule has 4 aromatic rings. The number of hydrogen-bond acceptors (Lipinski definition) is 10. The lowest BCUT2D eigenvalue weighted by molar-refractivity contribution is -0.172. The SMILES string of the molecule is CC[C@@]1(O)C(=O)OCc2c1cc1n(c2=O)Cc2c-1nc1cc(F)c(C)c3c1c2C(NC(=O)c1c(CCO)nnn1CCO)CC3. The van der Waals surface area contributed by atoms with E-state index in [9.17, 15) is 29.7 Å². The van der Waals surface area contributed by atoms with Gasteiger partial charge in [0.15, 0.2) is 5.60 Å². The minimum atomic E-state index is -2.00. The first-order valence-electron chi connectivity index (χ1n) is 14.9. The molecular weight excluding hydrogens is 587 g/mol. The van der Waals surface area contributed by atoms with Gasteiger partial charge in [-0.25, -0.2) is 18.9 Å². The number of carbonyl (C=O) groups is 2. The van der Waals surface area contributed by atoms with Crippen LogP contribution < -0.4 is 10.9 Å². The van der Waals surface area contributed by atoms with Crippen LogP contribution in [0.3, 0.4) is 0 Å². The third kappa shape index (κ3) is 4.16. The molecule has 1 unspecified atom stereocenters. The lowest BCUT2D eigenvalue weighted by atomic mass is 9.81. The third-order valence-electron chi connectivity index (χ3n) is 9.36. The molecule has 1 amide bonds. The van der Waals surface area contributed by atoms with Crippen LogP contribution in [0.2, 0.25) is 0 Å². The van der Waals surface area contributed by atoms with Gasteiger partial charge in [0, 0.05) is 35.6 Å². The summed E-state index contributed by atoms with van der Waals surface area (Å²) < 4.78 is 23.2. The van der Waals surface area contributed by atoms with Crippen LogP contribution in [0.1, 0.15) is 75.4 Å². The van der Waals surface area contributed by atoms with E-state index in [1.807, 2.05) is 0 Å². The Hall–Kier alpha value is -4.53. The molecule has 3 aromatic heterocycles. The van der Waals surface area contributed by atoms with E-state index in [-0.39, 0.29) is 68.3 Å². The van der Waals surface area contributed by atoms with E-state index in [4.69, 9.17) is 9.72 Å². The van der Waals surface area contributed by atoms with E-state index in [1.54, 1.807) is 19.9 Å². The van der Waals surface area contributed by atoms with Gasteiger partial charge in [-0.1, -0.05) is 12.1 Å². The van der Waals surface area contributed by atoms with Crippen molar-refractivity contribution >= 4 is 22.8 Å². The maximum atomic E-state index is 15.2. The van der Waals surface area contributed by atoms with E-state index < -0.39 is 34.9 Å². The van der Waals surface area contributed by atoms with Crippen molar-refractivity contribution in [2.75, 3.05) is 13.2 Å². The number of pyridine rings is 2. The summed E-state index contributed by atoms with van der Waals surface area (Å²) in [5.74, 6) is -1.76. The molecule has 0 radical (unpaired) electrons. The number of hydrogen-bond donors (Lipinski definition) is 4. The first-order valence-corrected chi connectivity index (χ1v) is 14.9. The van der Waals surface area contributed by atoms with Crippen LogP contribution in [0, 0.1) is 12.7 Å². The van der Waals surface area contributed by atoms with E-state index in [2.05, 4.69) is 15.6 Å². The molecule has 14 heteroatoms. The standard InChI is InChI=1S/C31H31FN6O7/c1-3-31(44)18-10-23-26-16(12-37(23)29(42)17(18)13-45-30(31)43)25-20(5-4-15-14(2)19(32)11-22(33-26)24(15)25)34-28(41)27-21(6-8-39)35-36-38(27)7-9-40/h10-11,20,39-40,44H,3-9,12-13H2,1-2H3,(H,34,41)/t20?,31-/m0/s1. The highest BCUT2D eigenvalue weighted by molar-refractivity contribution is 5.96. The molecule has 0 saturated heterocycles. The third-order valence-corrected chi connectivity index (χ3v) is 9.36. The highest BCUT2D eigenvalue weighted by Crippen LogP contribution is 2.46. The molecule has 3 aliphatic rings. The molecule has 13 nitrogen and oxygen atoms in total. The zero-order valence-corrected chi connectivity index (χ0v) is 24.7. The first kappa shape index (κ1) is 29.2. The van der Waals surface area contributed by atoms with Crippen molar-refractivity contribution in [3.05, 3.63) is 73.1 Å². The van der Waals surface area contributed by atoms with Crippen molar-refractivity contribution in [2.24, 2.45) is 0 Å². The summed E-state index contributed by atoms with van der Waals surface area (Å²) in [4.78, 5) is 45.1. The maximum absolute atomic E-state index is 15.2. The van der Waals surface area contributed by atoms with Crippen LogP contribution in [0.25, 0.3) is 22.3 Å². The Kier molecular flexibility index (Phi) is 6.83. The van der Waals surface area contributed by atoms with Crippen molar-refractivity contribution in [1.82, 2.24) is 29.9 Å². The van der Waals surface area contributed by atoms with Gasteiger partial charge in [-0.05, 0) is 48.9 Å². The van der Waals surface area contributed by atoms with Gasteiger partial charge in [-0.2, -0.15) is 0 Å². The second kappa shape index (κ2) is 10.5. The molecule has 0 saturated carbocycles. The molecule has 5 heterocycles. The van der Waals surface area contributed by atoms with Crippen LogP contribution in [-0.4, -0.2) is 65.0 Å². The second-order valence-corrected chi connectivity index (χ2v) is 11.7. The summed E-state index contributed by atoms with van der Waals surface area (Å²) in [6.45, 7) is 2.67. The molecule has 4 N–H and O–H groups in total. The summed E-state index contributed by atoms with van der Waals surface area (Å²) in [5.41, 5.74) is 2.10. The van der Waals surface area contributed by atoms with E-state index in [1.165, 1.54) is 15.3 Å². The molecule has 7 rings (SSSR count). The number of aliphatic hydroxyl groups excluding tert-OH is 2. The van der Waals surface area contributed by atoms with Crippen LogP contribution in [0.15, 0.2) is 16.9 Å². The fourth-order valence-corrected chi connectivity index (χ4v) is 7.05. The average Bonchev–Trinajstić information content (AvgIpc) is 3.60. The first-order chi connectivity index (χ1) is 21.6. The number of esters is 1. The molecule has 45 heavy (non-hydrogen) atoms. The van der Waals surface area contributed by atoms with Crippen molar-refractivity contribution in [3.63, 3.8) is 0 Å². The van der Waals surface area contributed by atoms with E-state index >= 15 is 4.39 Å². The molecule has 0 bridgehead atoms. The molecule has 0 fully saturated rings. The van der Waals surface area contributed by atoms with Gasteiger partial charge in [0.05, 0.1) is 53.9 Å². The van der Waals surface area contributed by atoms with Crippen LogP contribution >= 0.6 is 0 Å². The topological polar surface area (TPSA) is 182 Å². The van der Waals surface area contributed by atoms with Gasteiger partial charge in [-0.15, -0.1) is 5.10 Å². The zero-order chi connectivity index (χ0) is 31.8. The van der Waals surface area contributed by atoms with Gasteiger partial charge >= 0.3 is 5.97 Å². The molecule has 0 spiro atoms. The normalized spacial score (nSPS) is 19.7. The second-order valence-electron chi connectivity index (χ2n) is 11.7. The molecule has 234 valence electrons. The summed E-state index contributed by atoms with van der Waals surface area (Å²) in [6, 6.07) is 2.37. The predicted molar refractivity (Wildman–Crippen MR) is 156 cm³/mol. The number of cyclic esters (lactones) is 1. The van der Waals surface area contributed by atoms with Crippen molar-refractivity contribution < 1.29 is 34.0 Å². The van der Waals surface area contributed by atoms with Gasteiger partial charge in [0.25, 0.3) is 11.5 Å². The fourth-order valence-electron chi connectivity index (χ4n) is 7.05. The van der Waals surface area contributed by atoms with Crippen LogP contribution in [0.5, 0.6) is 0 Å². The van der Waals surface area contributed by atoms with Crippen molar-refractivity contribution in [2.45, 2.75) is 70.9 Å². The highest BCUT2D eigenvalue weighted by Gasteiger charge is 2.46. The van der Waals surface area contributed by atoms with E-state index in [0.717, 1.165) is 5.56 Å². The molecular formula is C31H31FN6O7. The fraction of sp³-hybridized carbons (Fsp3) is 0.419. The van der Waals surface area contributed by atoms with Gasteiger partial charge in [-0.3, -0.25) is 9.59 Å². The van der Waals surface area contributed by atoms with Crippen LogP contribution in [0.4, 0.5) is 4.39 Å². The molecule has 2 atom stereocenters. The zero-order valence-electron chi connectivity index (χ0n) is 24.7. The summed E-state index contributed by atoms with van der Waals surface area (Å²) >= 11 is 0. The van der Waals surface area contributed by atoms with E-state index in [0.29, 0.717) is 51.8 Å². The van der Waals surface area contributed by atoms with Gasteiger partial charge in [0.2, 0.25) is 0 Å². The van der Waals surface area contributed by atoms with Crippen molar-refractivity contribution in [1.29, 1.82) is 0 Å². The largest absolute Gasteiger partial charge is 0.458 e. The van der Waals surface area contributed by atoms with Gasteiger partial charge in [0.1, 0.15) is 18.1 Å². The quantitative estimate of drug-likeness (QED) is 0.193. The number of aliphatic hydroxyl groups is 3.